The molecule has 0 spiro atoms. The largest absolute Gasteiger partial charge is 0.294 e. The molecule has 3 aromatic rings. The Balaban J connectivity index is 2.36. The van der Waals surface area contributed by atoms with Crippen LogP contribution in [0.25, 0.3) is 16.7 Å². The first-order valence-electron chi connectivity index (χ1n) is 6.15. The number of hydrogen-bond donors (Lipinski definition) is 0. The molecular weight excluding hydrogens is 315 g/mol. The van der Waals surface area contributed by atoms with Crippen LogP contribution in [0.1, 0.15) is 18.1 Å². The maximum Gasteiger partial charge on any atom is 0.132 e. The zero-order valence-corrected chi connectivity index (χ0v) is 12.9. The molecule has 0 bridgehead atoms. The number of nitrogens with zero attached hydrogens (tertiary/aromatic N) is 2. The predicted molar refractivity (Wildman–Crippen MR) is 85.4 cm³/mol. The van der Waals surface area contributed by atoms with Crippen molar-refractivity contribution >= 4 is 45.8 Å². The Hall–Kier alpha value is -1.22. The molecule has 1 unspecified atom stereocenters. The third-order valence-electron chi connectivity index (χ3n) is 3.09. The maximum absolute atomic E-state index is 6.32. The molecular formula is C15H11Cl3N2. The van der Waals surface area contributed by atoms with Crippen LogP contribution in [0, 0.1) is 0 Å². The van der Waals surface area contributed by atoms with E-state index in [-0.39, 0.29) is 5.38 Å². The number of para-hydroxylation sites is 2. The van der Waals surface area contributed by atoms with E-state index in [9.17, 15) is 0 Å². The minimum Gasteiger partial charge on any atom is -0.294 e. The molecule has 0 aliphatic rings. The van der Waals surface area contributed by atoms with Crippen LogP contribution in [0.3, 0.4) is 0 Å². The van der Waals surface area contributed by atoms with E-state index in [0.717, 1.165) is 22.5 Å². The topological polar surface area (TPSA) is 17.8 Å². The molecule has 20 heavy (non-hydrogen) atoms. The molecule has 0 fully saturated rings. The molecule has 0 saturated carbocycles. The number of imidazole rings is 1. The third kappa shape index (κ3) is 2.28. The van der Waals surface area contributed by atoms with Gasteiger partial charge >= 0.3 is 0 Å². The zero-order chi connectivity index (χ0) is 14.3. The van der Waals surface area contributed by atoms with Gasteiger partial charge in [0.25, 0.3) is 0 Å². The molecule has 1 aromatic heterocycles. The third-order valence-corrected chi connectivity index (χ3v) is 3.83. The van der Waals surface area contributed by atoms with Gasteiger partial charge in [-0.1, -0.05) is 35.3 Å². The van der Waals surface area contributed by atoms with Gasteiger partial charge < -0.3 is 0 Å². The van der Waals surface area contributed by atoms with Crippen molar-refractivity contribution in [3.8, 4) is 5.69 Å². The predicted octanol–water partition coefficient (Wildman–Crippen LogP) is 5.63. The number of hydrogen-bond acceptors (Lipinski definition) is 1. The second-order valence-electron chi connectivity index (χ2n) is 4.51. The van der Waals surface area contributed by atoms with E-state index in [0.29, 0.717) is 10.0 Å². The molecule has 0 amide bonds. The minimum absolute atomic E-state index is 0.228. The first-order valence-corrected chi connectivity index (χ1v) is 7.34. The summed E-state index contributed by atoms with van der Waals surface area (Å²) in [5.41, 5.74) is 2.69. The summed E-state index contributed by atoms with van der Waals surface area (Å²) in [5.74, 6) is 0.761. The molecule has 2 aromatic carbocycles. The summed E-state index contributed by atoms with van der Waals surface area (Å²) in [5, 5.41) is 0.942. The lowest BCUT2D eigenvalue weighted by Gasteiger charge is -2.12. The van der Waals surface area contributed by atoms with Crippen LogP contribution in [-0.4, -0.2) is 9.55 Å². The quantitative estimate of drug-likeness (QED) is 0.558. The summed E-state index contributed by atoms with van der Waals surface area (Å²) in [6, 6.07) is 13.3. The maximum atomic E-state index is 6.32. The highest BCUT2D eigenvalue weighted by Gasteiger charge is 2.17. The SMILES string of the molecule is CC(Cl)c1nc2ccccc2n1-c1ccc(Cl)cc1Cl. The summed E-state index contributed by atoms with van der Waals surface area (Å²) in [6.45, 7) is 1.89. The lowest BCUT2D eigenvalue weighted by molar-refractivity contribution is 0.883. The van der Waals surface area contributed by atoms with Gasteiger partial charge in [-0.2, -0.15) is 0 Å². The van der Waals surface area contributed by atoms with Gasteiger partial charge in [0.05, 0.1) is 27.1 Å². The van der Waals surface area contributed by atoms with Crippen LogP contribution in [0.4, 0.5) is 0 Å². The van der Waals surface area contributed by atoms with Crippen molar-refractivity contribution < 1.29 is 0 Å². The van der Waals surface area contributed by atoms with E-state index in [2.05, 4.69) is 4.98 Å². The highest BCUT2D eigenvalue weighted by atomic mass is 35.5. The van der Waals surface area contributed by atoms with Crippen LogP contribution in [0.2, 0.25) is 10.0 Å². The van der Waals surface area contributed by atoms with Crippen molar-refractivity contribution in [2.75, 3.05) is 0 Å². The number of fused-ring (bicyclic) bond motifs is 1. The van der Waals surface area contributed by atoms with Crippen molar-refractivity contribution in [1.82, 2.24) is 9.55 Å². The number of alkyl halides is 1. The molecule has 3 rings (SSSR count). The second-order valence-corrected chi connectivity index (χ2v) is 6.00. The lowest BCUT2D eigenvalue weighted by Crippen LogP contribution is -2.02. The monoisotopic (exact) mass is 324 g/mol. The Morgan fingerprint density at radius 1 is 1.10 bits per heavy atom. The van der Waals surface area contributed by atoms with Crippen molar-refractivity contribution in [1.29, 1.82) is 0 Å². The van der Waals surface area contributed by atoms with Crippen LogP contribution >= 0.6 is 34.8 Å². The Bertz CT molecular complexity index is 778. The van der Waals surface area contributed by atoms with Crippen LogP contribution in [-0.2, 0) is 0 Å². The van der Waals surface area contributed by atoms with Gasteiger partial charge in [-0.05, 0) is 37.3 Å². The molecule has 0 N–H and O–H groups in total. The smallest absolute Gasteiger partial charge is 0.132 e. The molecule has 2 nitrogen and oxygen atoms in total. The highest BCUT2D eigenvalue weighted by Crippen LogP contribution is 2.32. The number of halogens is 3. The Kier molecular flexibility index (Phi) is 3.63. The van der Waals surface area contributed by atoms with Gasteiger partial charge in [0, 0.05) is 5.02 Å². The van der Waals surface area contributed by atoms with E-state index < -0.39 is 0 Å². The number of benzene rings is 2. The van der Waals surface area contributed by atoms with Gasteiger partial charge in [0.1, 0.15) is 5.82 Å². The fraction of sp³-hybridized carbons (Fsp3) is 0.133. The average Bonchev–Trinajstić information content (AvgIpc) is 2.78. The minimum atomic E-state index is -0.228. The molecule has 0 saturated heterocycles. The molecule has 1 heterocycles. The Labute approximate surface area is 131 Å². The lowest BCUT2D eigenvalue weighted by atomic mass is 10.2. The van der Waals surface area contributed by atoms with Crippen molar-refractivity contribution in [2.45, 2.75) is 12.3 Å². The zero-order valence-electron chi connectivity index (χ0n) is 10.6. The summed E-state index contributed by atoms with van der Waals surface area (Å²) in [7, 11) is 0. The normalized spacial score (nSPS) is 12.8. The standard InChI is InChI=1S/C15H11Cl3N2/c1-9(16)15-19-12-4-2-3-5-14(12)20(15)13-7-6-10(17)8-11(13)18/h2-9H,1H3. The first-order chi connectivity index (χ1) is 9.58. The van der Waals surface area contributed by atoms with Gasteiger partial charge in [-0.15, -0.1) is 11.6 Å². The highest BCUT2D eigenvalue weighted by molar-refractivity contribution is 6.35. The summed E-state index contributed by atoms with van der Waals surface area (Å²) in [4.78, 5) is 4.59. The Morgan fingerprint density at radius 2 is 1.85 bits per heavy atom. The van der Waals surface area contributed by atoms with Crippen LogP contribution in [0.5, 0.6) is 0 Å². The molecule has 5 heteroatoms. The molecule has 0 radical (unpaired) electrons. The van der Waals surface area contributed by atoms with Crippen LogP contribution in [0.15, 0.2) is 42.5 Å². The van der Waals surface area contributed by atoms with Crippen molar-refractivity contribution in [2.24, 2.45) is 0 Å². The molecule has 102 valence electrons. The average molecular weight is 326 g/mol. The number of rotatable bonds is 2. The van der Waals surface area contributed by atoms with Gasteiger partial charge in [-0.3, -0.25) is 4.57 Å². The van der Waals surface area contributed by atoms with Gasteiger partial charge in [0.15, 0.2) is 0 Å². The summed E-state index contributed by atoms with van der Waals surface area (Å²) >= 11 is 18.5. The summed E-state index contributed by atoms with van der Waals surface area (Å²) < 4.78 is 1.98. The van der Waals surface area contributed by atoms with E-state index in [1.54, 1.807) is 12.1 Å². The van der Waals surface area contributed by atoms with Crippen molar-refractivity contribution in [3.05, 3.63) is 58.3 Å². The second kappa shape index (κ2) is 5.28. The van der Waals surface area contributed by atoms with E-state index in [4.69, 9.17) is 34.8 Å². The van der Waals surface area contributed by atoms with E-state index in [1.165, 1.54) is 0 Å². The Morgan fingerprint density at radius 3 is 2.55 bits per heavy atom. The fourth-order valence-corrected chi connectivity index (χ4v) is 2.87. The fourth-order valence-electron chi connectivity index (χ4n) is 2.23. The van der Waals surface area contributed by atoms with Crippen molar-refractivity contribution in [3.63, 3.8) is 0 Å². The number of aromatic nitrogens is 2. The van der Waals surface area contributed by atoms with Gasteiger partial charge in [0.2, 0.25) is 0 Å². The first kappa shape index (κ1) is 13.7. The summed E-state index contributed by atoms with van der Waals surface area (Å²) in [6.07, 6.45) is 0. The van der Waals surface area contributed by atoms with Crippen LogP contribution < -0.4 is 0 Å². The van der Waals surface area contributed by atoms with E-state index >= 15 is 0 Å². The van der Waals surface area contributed by atoms with Gasteiger partial charge in [-0.25, -0.2) is 4.98 Å². The molecule has 1 atom stereocenters. The molecule has 0 aliphatic carbocycles. The molecule has 0 aliphatic heterocycles. The van der Waals surface area contributed by atoms with E-state index in [1.807, 2.05) is 41.8 Å².